The number of hydrogen-bond acceptors (Lipinski definition) is 7. The second-order valence-electron chi connectivity index (χ2n) is 7.10. The quantitative estimate of drug-likeness (QED) is 0.479. The van der Waals surface area contributed by atoms with E-state index in [-0.39, 0.29) is 12.1 Å². The standard InChI is InChI=1S/C21H17N5O5/c27-21(16-8-19(25(28)29)10-20(9-16)26(30)31)23-11-14-1-2-15-12-24(13-17(15)7-14)18-3-5-22-6-4-18/h1-10H,11-13H2,(H,23,27). The third-order valence-electron chi connectivity index (χ3n) is 5.06. The van der Waals surface area contributed by atoms with E-state index in [1.165, 1.54) is 5.56 Å². The molecule has 2 aromatic carbocycles. The van der Waals surface area contributed by atoms with E-state index < -0.39 is 27.1 Å². The Kier molecular flexibility index (Phi) is 5.27. The largest absolute Gasteiger partial charge is 0.363 e. The van der Waals surface area contributed by atoms with E-state index in [0.717, 1.165) is 48.1 Å². The summed E-state index contributed by atoms with van der Waals surface area (Å²) in [7, 11) is 0. The molecule has 0 fully saturated rings. The molecule has 156 valence electrons. The van der Waals surface area contributed by atoms with Crippen molar-refractivity contribution in [2.45, 2.75) is 19.6 Å². The third-order valence-corrected chi connectivity index (χ3v) is 5.06. The Hall–Kier alpha value is -4.34. The van der Waals surface area contributed by atoms with E-state index in [0.29, 0.717) is 0 Å². The summed E-state index contributed by atoms with van der Waals surface area (Å²) in [6, 6.07) is 12.7. The summed E-state index contributed by atoms with van der Waals surface area (Å²) in [5, 5.41) is 24.7. The van der Waals surface area contributed by atoms with Crippen LogP contribution in [0.2, 0.25) is 0 Å². The van der Waals surface area contributed by atoms with Gasteiger partial charge in [0.2, 0.25) is 0 Å². The smallest absolute Gasteiger partial charge is 0.277 e. The molecular weight excluding hydrogens is 402 g/mol. The zero-order valence-corrected chi connectivity index (χ0v) is 16.2. The van der Waals surface area contributed by atoms with Gasteiger partial charge in [-0.2, -0.15) is 0 Å². The number of anilines is 1. The summed E-state index contributed by atoms with van der Waals surface area (Å²) in [5.41, 5.74) is 3.14. The number of carbonyl (C=O) groups is 1. The van der Waals surface area contributed by atoms with Crippen LogP contribution in [0.15, 0.2) is 60.9 Å². The van der Waals surface area contributed by atoms with Gasteiger partial charge in [0, 0.05) is 49.8 Å². The summed E-state index contributed by atoms with van der Waals surface area (Å²) >= 11 is 0. The first-order valence-corrected chi connectivity index (χ1v) is 9.38. The van der Waals surface area contributed by atoms with Crippen molar-refractivity contribution >= 4 is 23.0 Å². The minimum Gasteiger partial charge on any atom is -0.363 e. The minimum atomic E-state index is -0.765. The van der Waals surface area contributed by atoms with E-state index in [1.54, 1.807) is 12.4 Å². The predicted molar refractivity (Wildman–Crippen MR) is 111 cm³/mol. The molecule has 1 aromatic heterocycles. The van der Waals surface area contributed by atoms with Gasteiger partial charge in [0.05, 0.1) is 21.5 Å². The van der Waals surface area contributed by atoms with Gasteiger partial charge in [0.1, 0.15) is 0 Å². The van der Waals surface area contributed by atoms with Gasteiger partial charge >= 0.3 is 0 Å². The second-order valence-corrected chi connectivity index (χ2v) is 7.10. The molecule has 1 aliphatic rings. The van der Waals surface area contributed by atoms with Crippen LogP contribution in [0.1, 0.15) is 27.0 Å². The van der Waals surface area contributed by atoms with Gasteiger partial charge in [-0.3, -0.25) is 30.0 Å². The summed E-state index contributed by atoms with van der Waals surface area (Å²) < 4.78 is 0. The molecule has 0 radical (unpaired) electrons. The molecule has 0 bridgehead atoms. The molecule has 1 amide bonds. The molecule has 0 spiro atoms. The van der Waals surface area contributed by atoms with Crippen LogP contribution >= 0.6 is 0 Å². The average molecular weight is 419 g/mol. The molecule has 0 saturated carbocycles. The summed E-state index contributed by atoms with van der Waals surface area (Å²) in [5.74, 6) is -0.620. The number of non-ortho nitro benzene ring substituents is 2. The monoisotopic (exact) mass is 419 g/mol. The van der Waals surface area contributed by atoms with Crippen molar-refractivity contribution in [3.63, 3.8) is 0 Å². The number of nitrogens with one attached hydrogen (secondary N) is 1. The molecule has 4 rings (SSSR count). The average Bonchev–Trinajstić information content (AvgIpc) is 3.21. The van der Waals surface area contributed by atoms with E-state index >= 15 is 0 Å². The number of aromatic nitrogens is 1. The molecule has 3 aromatic rings. The first-order chi connectivity index (χ1) is 14.9. The number of nitro groups is 2. The number of amides is 1. The summed E-state index contributed by atoms with van der Waals surface area (Å²) in [4.78, 5) is 39.2. The van der Waals surface area contributed by atoms with E-state index in [4.69, 9.17) is 0 Å². The van der Waals surface area contributed by atoms with E-state index in [1.807, 2.05) is 30.3 Å². The molecule has 1 N–H and O–H groups in total. The van der Waals surface area contributed by atoms with Crippen LogP contribution in [0.5, 0.6) is 0 Å². The molecule has 0 atom stereocenters. The Bertz CT molecular complexity index is 1150. The Morgan fingerprint density at radius 3 is 2.23 bits per heavy atom. The topological polar surface area (TPSA) is 132 Å². The van der Waals surface area contributed by atoms with Crippen molar-refractivity contribution in [1.29, 1.82) is 0 Å². The van der Waals surface area contributed by atoms with Gasteiger partial charge in [-0.15, -0.1) is 0 Å². The van der Waals surface area contributed by atoms with Crippen LogP contribution in [0.3, 0.4) is 0 Å². The van der Waals surface area contributed by atoms with E-state index in [2.05, 4.69) is 15.2 Å². The molecular formula is C21H17N5O5. The molecule has 0 unspecified atom stereocenters. The van der Waals surface area contributed by atoms with Gasteiger partial charge in [0.15, 0.2) is 0 Å². The number of carbonyl (C=O) groups excluding carboxylic acids is 1. The normalized spacial score (nSPS) is 12.3. The van der Waals surface area contributed by atoms with Crippen LogP contribution in [0.25, 0.3) is 0 Å². The molecule has 0 aliphatic carbocycles. The first kappa shape index (κ1) is 20.0. The van der Waals surface area contributed by atoms with Crippen LogP contribution in [0, 0.1) is 20.2 Å². The summed E-state index contributed by atoms with van der Waals surface area (Å²) in [6.07, 6.45) is 3.50. The number of hydrogen-bond donors (Lipinski definition) is 1. The SMILES string of the molecule is O=C(NCc1ccc2c(c1)CN(c1ccncc1)C2)c1cc([N+](=O)[O-])cc([N+](=O)[O-])c1. The number of pyridine rings is 1. The fourth-order valence-electron chi connectivity index (χ4n) is 3.52. The molecule has 10 nitrogen and oxygen atoms in total. The molecule has 1 aliphatic heterocycles. The Morgan fingerprint density at radius 2 is 1.58 bits per heavy atom. The minimum absolute atomic E-state index is 0.133. The fourth-order valence-corrected chi connectivity index (χ4v) is 3.52. The maximum atomic E-state index is 12.5. The Morgan fingerprint density at radius 1 is 0.935 bits per heavy atom. The number of rotatable bonds is 6. The Balaban J connectivity index is 1.46. The first-order valence-electron chi connectivity index (χ1n) is 9.38. The fraction of sp³-hybridized carbons (Fsp3) is 0.143. The van der Waals surface area contributed by atoms with Crippen molar-refractivity contribution in [2.24, 2.45) is 0 Å². The highest BCUT2D eigenvalue weighted by Crippen LogP contribution is 2.28. The maximum absolute atomic E-state index is 12.5. The lowest BCUT2D eigenvalue weighted by Crippen LogP contribution is -2.23. The number of nitro benzene ring substituents is 2. The second kappa shape index (κ2) is 8.19. The lowest BCUT2D eigenvalue weighted by atomic mass is 10.1. The maximum Gasteiger partial charge on any atom is 0.277 e. The molecule has 2 heterocycles. The zero-order chi connectivity index (χ0) is 22.0. The highest BCUT2D eigenvalue weighted by atomic mass is 16.6. The van der Waals surface area contributed by atoms with Crippen molar-refractivity contribution in [3.8, 4) is 0 Å². The van der Waals surface area contributed by atoms with Crippen LogP contribution in [0.4, 0.5) is 17.1 Å². The van der Waals surface area contributed by atoms with Crippen molar-refractivity contribution in [2.75, 3.05) is 4.90 Å². The summed E-state index contributed by atoms with van der Waals surface area (Å²) in [6.45, 7) is 1.71. The van der Waals surface area contributed by atoms with Crippen LogP contribution in [-0.4, -0.2) is 20.7 Å². The lowest BCUT2D eigenvalue weighted by molar-refractivity contribution is -0.394. The molecule has 31 heavy (non-hydrogen) atoms. The highest BCUT2D eigenvalue weighted by molar-refractivity contribution is 5.95. The van der Waals surface area contributed by atoms with Gasteiger partial charge in [-0.25, -0.2) is 0 Å². The third kappa shape index (κ3) is 4.32. The predicted octanol–water partition coefficient (Wildman–Crippen LogP) is 3.35. The van der Waals surface area contributed by atoms with Gasteiger partial charge < -0.3 is 10.2 Å². The molecule has 10 heteroatoms. The van der Waals surface area contributed by atoms with Crippen molar-refractivity contribution < 1.29 is 14.6 Å². The zero-order valence-electron chi connectivity index (χ0n) is 16.2. The number of nitrogens with zero attached hydrogens (tertiary/aromatic N) is 4. The van der Waals surface area contributed by atoms with Gasteiger partial charge in [-0.1, -0.05) is 18.2 Å². The van der Waals surface area contributed by atoms with Crippen molar-refractivity contribution in [3.05, 3.63) is 103 Å². The van der Waals surface area contributed by atoms with Gasteiger partial charge in [-0.05, 0) is 28.8 Å². The molecule has 0 saturated heterocycles. The number of benzene rings is 2. The van der Waals surface area contributed by atoms with Crippen LogP contribution < -0.4 is 10.2 Å². The Labute approximate surface area is 176 Å². The lowest BCUT2D eigenvalue weighted by Gasteiger charge is -2.16. The number of fused-ring (bicyclic) bond motifs is 1. The van der Waals surface area contributed by atoms with Crippen LogP contribution in [-0.2, 0) is 19.6 Å². The van der Waals surface area contributed by atoms with Gasteiger partial charge in [0.25, 0.3) is 17.3 Å². The highest BCUT2D eigenvalue weighted by Gasteiger charge is 2.21. The van der Waals surface area contributed by atoms with Crippen molar-refractivity contribution in [1.82, 2.24) is 10.3 Å². The van der Waals surface area contributed by atoms with E-state index in [9.17, 15) is 25.0 Å².